The van der Waals surface area contributed by atoms with Crippen LogP contribution in [0.4, 0.5) is 10.5 Å². The van der Waals surface area contributed by atoms with E-state index in [0.717, 1.165) is 22.2 Å². The Morgan fingerprint density at radius 1 is 1.21 bits per heavy atom. The van der Waals surface area contributed by atoms with Crippen LogP contribution in [0.25, 0.3) is 6.08 Å². The van der Waals surface area contributed by atoms with Crippen LogP contribution >= 0.6 is 11.8 Å². The number of anilines is 1. The summed E-state index contributed by atoms with van der Waals surface area (Å²) in [7, 11) is 1.50. The number of carbonyl (C=O) groups is 3. The van der Waals surface area contributed by atoms with Gasteiger partial charge in [0.2, 0.25) is 5.91 Å². The second-order valence-corrected chi connectivity index (χ2v) is 8.14. The van der Waals surface area contributed by atoms with Crippen LogP contribution in [0, 0.1) is 18.3 Å². The summed E-state index contributed by atoms with van der Waals surface area (Å²) < 4.78 is 11.0. The van der Waals surface area contributed by atoms with Crippen LogP contribution in [-0.2, 0) is 9.59 Å². The van der Waals surface area contributed by atoms with Gasteiger partial charge in [-0.3, -0.25) is 19.3 Å². The molecule has 0 saturated carbocycles. The number of imide groups is 1. The predicted molar refractivity (Wildman–Crippen MR) is 126 cm³/mol. The monoisotopic (exact) mass is 465 g/mol. The lowest BCUT2D eigenvalue weighted by atomic mass is 10.2. The van der Waals surface area contributed by atoms with Crippen molar-refractivity contribution in [3.8, 4) is 17.6 Å². The van der Waals surface area contributed by atoms with E-state index in [1.807, 2.05) is 19.1 Å². The number of methoxy groups -OCH3 is 1. The van der Waals surface area contributed by atoms with Gasteiger partial charge >= 0.3 is 0 Å². The number of nitrogens with one attached hydrogen (secondary N) is 1. The van der Waals surface area contributed by atoms with E-state index in [2.05, 4.69) is 11.4 Å². The Balaban J connectivity index is 1.68. The van der Waals surface area contributed by atoms with Crippen molar-refractivity contribution in [3.05, 3.63) is 58.5 Å². The highest BCUT2D eigenvalue weighted by Crippen LogP contribution is 2.34. The van der Waals surface area contributed by atoms with Crippen LogP contribution in [-0.4, -0.2) is 42.2 Å². The summed E-state index contributed by atoms with van der Waals surface area (Å²) in [5.74, 6) is 0.0132. The summed E-state index contributed by atoms with van der Waals surface area (Å²) in [6, 6.07) is 14.5. The number of thioether (sulfide) groups is 1. The van der Waals surface area contributed by atoms with Crippen molar-refractivity contribution >= 4 is 40.6 Å². The van der Waals surface area contributed by atoms with Gasteiger partial charge in [0.15, 0.2) is 11.5 Å². The minimum atomic E-state index is -0.527. The Bertz CT molecular complexity index is 1140. The number of unbranched alkanes of at least 4 members (excludes halogenated alkanes) is 1. The van der Waals surface area contributed by atoms with Gasteiger partial charge in [0.25, 0.3) is 11.1 Å². The first-order valence-electron chi connectivity index (χ1n) is 10.2. The summed E-state index contributed by atoms with van der Waals surface area (Å²) in [6.45, 7) is 1.87. The summed E-state index contributed by atoms with van der Waals surface area (Å²) in [6.07, 6.45) is 2.58. The third-order valence-corrected chi connectivity index (χ3v) is 5.68. The van der Waals surface area contributed by atoms with Crippen molar-refractivity contribution in [2.45, 2.75) is 19.8 Å². The van der Waals surface area contributed by atoms with E-state index in [-0.39, 0.29) is 11.4 Å². The van der Waals surface area contributed by atoms with E-state index in [9.17, 15) is 14.4 Å². The predicted octanol–water partition coefficient (Wildman–Crippen LogP) is 4.36. The smallest absolute Gasteiger partial charge is 0.294 e. The number of hydrogen-bond donors (Lipinski definition) is 1. The molecular weight excluding hydrogens is 442 g/mol. The number of nitrogens with zero attached hydrogens (tertiary/aromatic N) is 2. The van der Waals surface area contributed by atoms with Crippen molar-refractivity contribution in [2.24, 2.45) is 0 Å². The normalized spacial score (nSPS) is 14.3. The number of ether oxygens (including phenoxy) is 2. The molecule has 33 heavy (non-hydrogen) atoms. The van der Waals surface area contributed by atoms with Crippen molar-refractivity contribution in [1.82, 2.24) is 4.90 Å². The first-order valence-corrected chi connectivity index (χ1v) is 11.0. The summed E-state index contributed by atoms with van der Waals surface area (Å²) in [4.78, 5) is 38.7. The van der Waals surface area contributed by atoms with Gasteiger partial charge in [-0.05, 0) is 60.5 Å². The van der Waals surface area contributed by atoms with Gasteiger partial charge in [-0.15, -0.1) is 0 Å². The van der Waals surface area contributed by atoms with Crippen LogP contribution in [0.2, 0.25) is 0 Å². The van der Waals surface area contributed by atoms with Crippen LogP contribution < -0.4 is 14.8 Å². The Morgan fingerprint density at radius 3 is 2.73 bits per heavy atom. The lowest BCUT2D eigenvalue weighted by molar-refractivity contribution is -0.127. The fourth-order valence-electron chi connectivity index (χ4n) is 3.06. The van der Waals surface area contributed by atoms with E-state index in [4.69, 9.17) is 14.7 Å². The van der Waals surface area contributed by atoms with E-state index < -0.39 is 17.1 Å². The number of nitriles is 1. The lowest BCUT2D eigenvalue weighted by Gasteiger charge is -2.13. The molecule has 1 saturated heterocycles. The van der Waals surface area contributed by atoms with Gasteiger partial charge in [-0.2, -0.15) is 5.26 Å². The highest BCUT2D eigenvalue weighted by molar-refractivity contribution is 8.18. The Morgan fingerprint density at radius 2 is 2.00 bits per heavy atom. The van der Waals surface area contributed by atoms with E-state index in [1.54, 1.807) is 36.4 Å². The van der Waals surface area contributed by atoms with Gasteiger partial charge in [-0.25, -0.2) is 0 Å². The quantitative estimate of drug-likeness (QED) is 0.433. The molecule has 0 aliphatic carbocycles. The molecule has 9 heteroatoms. The topological polar surface area (TPSA) is 109 Å². The van der Waals surface area contributed by atoms with Gasteiger partial charge in [0.05, 0.1) is 24.7 Å². The number of benzene rings is 2. The van der Waals surface area contributed by atoms with E-state index >= 15 is 0 Å². The summed E-state index contributed by atoms with van der Waals surface area (Å²) >= 11 is 0.781. The number of amides is 3. The maximum absolute atomic E-state index is 12.8. The fraction of sp³-hybridized carbons (Fsp3) is 0.250. The number of carbonyl (C=O) groups excluding carboxylic acids is 3. The molecule has 170 valence electrons. The summed E-state index contributed by atoms with van der Waals surface area (Å²) in [5.41, 5.74) is 2.16. The highest BCUT2D eigenvalue weighted by Gasteiger charge is 2.36. The molecule has 1 aliphatic heterocycles. The van der Waals surface area contributed by atoms with E-state index in [0.29, 0.717) is 42.2 Å². The molecule has 3 amide bonds. The third kappa shape index (κ3) is 6.14. The van der Waals surface area contributed by atoms with Crippen molar-refractivity contribution in [3.63, 3.8) is 0 Å². The second kappa shape index (κ2) is 11.2. The van der Waals surface area contributed by atoms with Gasteiger partial charge in [-0.1, -0.05) is 24.3 Å². The first-order chi connectivity index (χ1) is 15.9. The van der Waals surface area contributed by atoms with Crippen LogP contribution in [0.15, 0.2) is 47.4 Å². The van der Waals surface area contributed by atoms with Crippen LogP contribution in [0.5, 0.6) is 11.5 Å². The third-order valence-electron chi connectivity index (χ3n) is 4.77. The zero-order valence-corrected chi connectivity index (χ0v) is 19.1. The molecule has 1 heterocycles. The Hall–Kier alpha value is -3.77. The van der Waals surface area contributed by atoms with Gasteiger partial charge < -0.3 is 14.8 Å². The maximum atomic E-state index is 12.8. The molecule has 1 aliphatic rings. The zero-order valence-electron chi connectivity index (χ0n) is 18.3. The molecule has 8 nitrogen and oxygen atoms in total. The Labute approximate surface area is 196 Å². The molecule has 2 aromatic carbocycles. The van der Waals surface area contributed by atoms with Gasteiger partial charge in [0.1, 0.15) is 6.54 Å². The largest absolute Gasteiger partial charge is 0.493 e. The molecule has 1 N–H and O–H groups in total. The maximum Gasteiger partial charge on any atom is 0.294 e. The molecule has 2 aromatic rings. The molecule has 3 rings (SSSR count). The average Bonchev–Trinajstić information content (AvgIpc) is 3.06. The molecule has 0 spiro atoms. The van der Waals surface area contributed by atoms with Crippen molar-refractivity contribution in [1.29, 1.82) is 5.26 Å². The highest BCUT2D eigenvalue weighted by atomic mass is 32.2. The summed E-state index contributed by atoms with van der Waals surface area (Å²) in [5, 5.41) is 10.8. The standard InChI is InChI=1S/C24H23N3O5S/c1-16-7-3-4-8-18(16)26-22(28)15-27-23(29)21(33-24(27)30)14-17-9-10-19(20(13-17)31-2)32-12-6-5-11-25/h3-4,7-10,13-14H,5-6,12,15H2,1-2H3,(H,26,28)/b21-14-. The lowest BCUT2D eigenvalue weighted by Crippen LogP contribution is -2.36. The minimum Gasteiger partial charge on any atom is -0.493 e. The molecule has 0 unspecified atom stereocenters. The van der Waals surface area contributed by atoms with E-state index in [1.165, 1.54) is 7.11 Å². The van der Waals surface area contributed by atoms with Gasteiger partial charge in [0, 0.05) is 12.1 Å². The average molecular weight is 466 g/mol. The number of rotatable bonds is 9. The first kappa shape index (κ1) is 23.9. The number of para-hydroxylation sites is 1. The molecule has 1 fully saturated rings. The van der Waals surface area contributed by atoms with Crippen molar-refractivity contribution < 1.29 is 23.9 Å². The molecule has 0 atom stereocenters. The van der Waals surface area contributed by atoms with Crippen molar-refractivity contribution in [2.75, 3.05) is 25.6 Å². The number of aryl methyl sites for hydroxylation is 1. The SMILES string of the molecule is COc1cc(/C=C2\SC(=O)N(CC(=O)Nc3ccccc3C)C2=O)ccc1OCCCC#N. The molecule has 0 radical (unpaired) electrons. The molecule has 0 bridgehead atoms. The second-order valence-electron chi connectivity index (χ2n) is 7.15. The Kier molecular flexibility index (Phi) is 8.11. The molecular formula is C24H23N3O5S. The van der Waals surface area contributed by atoms with Crippen LogP contribution in [0.3, 0.4) is 0 Å². The zero-order chi connectivity index (χ0) is 23.8. The minimum absolute atomic E-state index is 0.216. The number of hydrogen-bond acceptors (Lipinski definition) is 7. The van der Waals surface area contributed by atoms with Crippen LogP contribution in [0.1, 0.15) is 24.0 Å². The molecule has 0 aromatic heterocycles. The fourth-order valence-corrected chi connectivity index (χ4v) is 3.90.